The third kappa shape index (κ3) is 5.61. The summed E-state index contributed by atoms with van der Waals surface area (Å²) in [6.45, 7) is 1.94. The number of halogens is 1. The van der Waals surface area contributed by atoms with Crippen molar-refractivity contribution < 1.29 is 33.4 Å². The Kier molecular flexibility index (Phi) is 7.47. The minimum atomic E-state index is -1.17. The van der Waals surface area contributed by atoms with Gasteiger partial charge in [0.25, 0.3) is 11.1 Å². The van der Waals surface area contributed by atoms with Crippen molar-refractivity contribution in [3.63, 3.8) is 0 Å². The molecule has 3 amide bonds. The molecule has 2 N–H and O–H groups in total. The van der Waals surface area contributed by atoms with Crippen LogP contribution >= 0.6 is 23.4 Å². The monoisotopic (exact) mass is 526 g/mol. The first-order valence-corrected chi connectivity index (χ1v) is 11.9. The fourth-order valence-corrected chi connectivity index (χ4v) is 4.36. The number of anilines is 1. The second-order valence-corrected chi connectivity index (χ2v) is 8.88. The van der Waals surface area contributed by atoms with Crippen LogP contribution in [0, 0.1) is 0 Å². The Labute approximate surface area is 214 Å². The summed E-state index contributed by atoms with van der Waals surface area (Å²) in [7, 11) is 0. The molecule has 0 bridgehead atoms. The van der Waals surface area contributed by atoms with Crippen molar-refractivity contribution in [2.24, 2.45) is 0 Å². The lowest BCUT2D eigenvalue weighted by atomic mass is 10.1. The number of ether oxygens (including phenoxy) is 1. The molecule has 1 aliphatic rings. The van der Waals surface area contributed by atoms with Crippen LogP contribution in [0.1, 0.15) is 23.0 Å². The fourth-order valence-electron chi connectivity index (χ4n) is 3.34. The summed E-state index contributed by atoms with van der Waals surface area (Å²) in [5.41, 5.74) is 0.912. The van der Waals surface area contributed by atoms with E-state index in [-0.39, 0.29) is 21.3 Å². The van der Waals surface area contributed by atoms with Gasteiger partial charge < -0.3 is 19.6 Å². The number of thioether (sulfide) groups is 1. The van der Waals surface area contributed by atoms with Crippen LogP contribution in [0.15, 0.2) is 63.9 Å². The van der Waals surface area contributed by atoms with E-state index in [9.17, 15) is 24.3 Å². The quantitative estimate of drug-likeness (QED) is 0.375. The smallest absolute Gasteiger partial charge is 0.337 e. The number of carbonyl (C=O) groups is 4. The molecule has 0 radical (unpaired) electrons. The van der Waals surface area contributed by atoms with E-state index >= 15 is 0 Å². The molecule has 0 saturated carbocycles. The predicted octanol–water partition coefficient (Wildman–Crippen LogP) is 5.37. The van der Waals surface area contributed by atoms with Gasteiger partial charge in [0, 0.05) is 17.3 Å². The van der Waals surface area contributed by atoms with E-state index in [2.05, 4.69) is 5.32 Å². The van der Waals surface area contributed by atoms with E-state index < -0.39 is 29.6 Å². The molecular formula is C25H19ClN2O7S. The summed E-state index contributed by atoms with van der Waals surface area (Å²) < 4.78 is 11.1. The van der Waals surface area contributed by atoms with E-state index in [1.807, 2.05) is 6.92 Å². The molecule has 1 saturated heterocycles. The number of imide groups is 1. The minimum Gasteiger partial charge on any atom is -0.494 e. The number of benzene rings is 2. The van der Waals surface area contributed by atoms with Crippen LogP contribution in [0.25, 0.3) is 17.4 Å². The number of aromatic carboxylic acids is 1. The molecule has 2 aromatic carbocycles. The molecule has 2 heterocycles. The van der Waals surface area contributed by atoms with Crippen molar-refractivity contribution in [3.05, 3.63) is 75.8 Å². The summed E-state index contributed by atoms with van der Waals surface area (Å²) in [6, 6.07) is 14.3. The van der Waals surface area contributed by atoms with Gasteiger partial charge in [-0.2, -0.15) is 0 Å². The summed E-state index contributed by atoms with van der Waals surface area (Å²) in [6.07, 6.45) is 1.40. The number of nitrogens with zero attached hydrogens (tertiary/aromatic N) is 1. The summed E-state index contributed by atoms with van der Waals surface area (Å²) in [4.78, 5) is 49.8. The highest BCUT2D eigenvalue weighted by Crippen LogP contribution is 2.34. The largest absolute Gasteiger partial charge is 0.494 e. The maximum atomic E-state index is 12.8. The standard InChI is InChI=1S/C25H19ClN2O7S/c1-2-34-16-6-4-15(5-7-16)27-22(29)13-28-23(30)21(36-25(28)33)12-17-8-10-20(35-17)14-3-9-19(26)18(11-14)24(31)32/h3-12H,2,13H2,1H3,(H,27,29)(H,31,32)/b21-12-. The van der Waals surface area contributed by atoms with Gasteiger partial charge in [0.05, 0.1) is 22.1 Å². The number of carboxylic acids is 1. The van der Waals surface area contributed by atoms with Gasteiger partial charge in [-0.15, -0.1) is 0 Å². The molecule has 0 spiro atoms. The maximum absolute atomic E-state index is 12.8. The number of nitrogens with one attached hydrogen (secondary N) is 1. The van der Waals surface area contributed by atoms with Crippen LogP contribution in [0.2, 0.25) is 5.02 Å². The van der Waals surface area contributed by atoms with Crippen LogP contribution in [-0.2, 0) is 9.59 Å². The lowest BCUT2D eigenvalue weighted by Crippen LogP contribution is -2.36. The first kappa shape index (κ1) is 25.1. The number of amides is 3. The Bertz CT molecular complexity index is 1380. The Hall–Kier alpha value is -4.02. The molecule has 36 heavy (non-hydrogen) atoms. The molecule has 9 nitrogen and oxygen atoms in total. The molecule has 0 atom stereocenters. The molecule has 4 rings (SSSR count). The Balaban J connectivity index is 1.43. The summed E-state index contributed by atoms with van der Waals surface area (Å²) >= 11 is 6.60. The third-order valence-corrected chi connectivity index (χ3v) is 6.24. The fraction of sp³-hybridized carbons (Fsp3) is 0.120. The predicted molar refractivity (Wildman–Crippen MR) is 135 cm³/mol. The number of carboxylic acid groups (broad SMARTS) is 1. The number of rotatable bonds is 8. The van der Waals surface area contributed by atoms with Gasteiger partial charge in [-0.25, -0.2) is 4.79 Å². The van der Waals surface area contributed by atoms with Gasteiger partial charge in [-0.3, -0.25) is 19.3 Å². The van der Waals surface area contributed by atoms with Crippen molar-refractivity contribution in [1.82, 2.24) is 4.90 Å². The van der Waals surface area contributed by atoms with E-state index in [1.165, 1.54) is 18.2 Å². The Morgan fingerprint density at radius 2 is 1.89 bits per heavy atom. The molecular weight excluding hydrogens is 508 g/mol. The molecule has 1 aromatic heterocycles. The molecule has 0 unspecified atom stereocenters. The van der Waals surface area contributed by atoms with E-state index in [4.69, 9.17) is 20.8 Å². The third-order valence-electron chi connectivity index (χ3n) is 5.01. The number of furan rings is 1. The molecule has 3 aromatic rings. The number of hydrogen-bond acceptors (Lipinski definition) is 7. The highest BCUT2D eigenvalue weighted by molar-refractivity contribution is 8.18. The lowest BCUT2D eigenvalue weighted by molar-refractivity contribution is -0.127. The second kappa shape index (κ2) is 10.7. The molecule has 184 valence electrons. The zero-order chi connectivity index (χ0) is 25.8. The van der Waals surface area contributed by atoms with Crippen LogP contribution in [0.5, 0.6) is 5.75 Å². The van der Waals surface area contributed by atoms with Crippen molar-refractivity contribution >= 4 is 58.1 Å². The van der Waals surface area contributed by atoms with Crippen molar-refractivity contribution in [2.75, 3.05) is 18.5 Å². The summed E-state index contributed by atoms with van der Waals surface area (Å²) in [5, 5.41) is 11.4. The van der Waals surface area contributed by atoms with Crippen LogP contribution in [0.4, 0.5) is 10.5 Å². The zero-order valence-electron chi connectivity index (χ0n) is 18.8. The Morgan fingerprint density at radius 1 is 1.14 bits per heavy atom. The van der Waals surface area contributed by atoms with E-state index in [0.29, 0.717) is 41.1 Å². The number of carbonyl (C=O) groups excluding carboxylic acids is 3. The average molecular weight is 527 g/mol. The Morgan fingerprint density at radius 3 is 2.58 bits per heavy atom. The number of hydrogen-bond donors (Lipinski definition) is 2. The highest BCUT2D eigenvalue weighted by Gasteiger charge is 2.36. The lowest BCUT2D eigenvalue weighted by Gasteiger charge is -2.12. The van der Waals surface area contributed by atoms with Crippen molar-refractivity contribution in [2.45, 2.75) is 6.92 Å². The molecule has 1 aliphatic heterocycles. The normalized spacial score (nSPS) is 14.4. The van der Waals surface area contributed by atoms with Crippen LogP contribution in [0.3, 0.4) is 0 Å². The maximum Gasteiger partial charge on any atom is 0.337 e. The van der Waals surface area contributed by atoms with Gasteiger partial charge in [-0.1, -0.05) is 11.6 Å². The first-order valence-electron chi connectivity index (χ1n) is 10.7. The molecule has 0 aliphatic carbocycles. The van der Waals surface area contributed by atoms with Gasteiger partial charge >= 0.3 is 5.97 Å². The van der Waals surface area contributed by atoms with Crippen molar-refractivity contribution in [3.8, 4) is 17.1 Å². The van der Waals surface area contributed by atoms with Crippen LogP contribution < -0.4 is 10.1 Å². The van der Waals surface area contributed by atoms with Crippen LogP contribution in [-0.4, -0.2) is 46.2 Å². The SMILES string of the molecule is CCOc1ccc(NC(=O)CN2C(=O)S/C(=C\c3ccc(-c4ccc(Cl)c(C(=O)O)c4)o3)C2=O)cc1. The van der Waals surface area contributed by atoms with Gasteiger partial charge in [-0.05, 0) is 73.3 Å². The first-order chi connectivity index (χ1) is 17.2. The zero-order valence-corrected chi connectivity index (χ0v) is 20.4. The van der Waals surface area contributed by atoms with E-state index in [0.717, 1.165) is 4.90 Å². The van der Waals surface area contributed by atoms with Gasteiger partial charge in [0.15, 0.2) is 0 Å². The summed E-state index contributed by atoms with van der Waals surface area (Å²) in [5.74, 6) is -1.03. The average Bonchev–Trinajstić information content (AvgIpc) is 3.41. The molecule has 11 heteroatoms. The minimum absolute atomic E-state index is 0.0725. The van der Waals surface area contributed by atoms with E-state index in [1.54, 1.807) is 42.5 Å². The highest BCUT2D eigenvalue weighted by atomic mass is 35.5. The molecule has 1 fully saturated rings. The topological polar surface area (TPSA) is 126 Å². The van der Waals surface area contributed by atoms with Crippen molar-refractivity contribution in [1.29, 1.82) is 0 Å². The van der Waals surface area contributed by atoms with Gasteiger partial charge in [0.1, 0.15) is 23.8 Å². The van der Waals surface area contributed by atoms with Gasteiger partial charge in [0.2, 0.25) is 5.91 Å². The second-order valence-electron chi connectivity index (χ2n) is 7.48.